The van der Waals surface area contributed by atoms with Gasteiger partial charge in [0.15, 0.2) is 0 Å². The number of rotatable bonds is 5. The highest BCUT2D eigenvalue weighted by Gasteiger charge is 2.25. The minimum atomic E-state index is 0.658. The van der Waals surface area contributed by atoms with E-state index in [4.69, 9.17) is 0 Å². The number of unbranched alkanes of at least 4 members (excludes halogenated alkanes) is 1. The van der Waals surface area contributed by atoms with Crippen molar-refractivity contribution in [3.63, 3.8) is 0 Å². The average molecular weight is 259 g/mol. The van der Waals surface area contributed by atoms with Crippen LogP contribution in [0, 0.1) is 11.8 Å². The van der Waals surface area contributed by atoms with Gasteiger partial charge in [0.05, 0.1) is 0 Å². The van der Waals surface area contributed by atoms with Crippen molar-refractivity contribution in [3.8, 4) is 0 Å². The van der Waals surface area contributed by atoms with Crippen molar-refractivity contribution in [3.05, 3.63) is 29.8 Å². The molecule has 3 atom stereocenters. The molecule has 0 heterocycles. The van der Waals surface area contributed by atoms with E-state index in [0.717, 1.165) is 11.8 Å². The van der Waals surface area contributed by atoms with Gasteiger partial charge in [-0.3, -0.25) is 0 Å². The molecule has 1 N–H and O–H groups in total. The Morgan fingerprint density at radius 2 is 1.84 bits per heavy atom. The van der Waals surface area contributed by atoms with Crippen LogP contribution in [0.2, 0.25) is 0 Å². The monoisotopic (exact) mass is 259 g/mol. The first kappa shape index (κ1) is 14.4. The number of hydrogen-bond acceptors (Lipinski definition) is 1. The molecular formula is C18H29N. The van der Waals surface area contributed by atoms with Crippen LogP contribution in [0.15, 0.2) is 24.3 Å². The van der Waals surface area contributed by atoms with Gasteiger partial charge in [-0.25, -0.2) is 0 Å². The molecule has 0 radical (unpaired) electrons. The van der Waals surface area contributed by atoms with Crippen LogP contribution in [0.25, 0.3) is 0 Å². The molecule has 1 nitrogen and oxygen atoms in total. The fraction of sp³-hybridized carbons (Fsp3) is 0.667. The third-order valence-electron chi connectivity index (χ3n) is 4.58. The standard InChI is InChI=1S/C18H29N/c1-4-5-6-16-9-11-17(12-10-16)19-18-13-14(2)7-8-15(18)3/h9-12,14-15,18-19H,4-8,13H2,1-3H3. The highest BCUT2D eigenvalue weighted by atomic mass is 14.9. The molecule has 1 aliphatic carbocycles. The van der Waals surface area contributed by atoms with Crippen molar-refractivity contribution < 1.29 is 0 Å². The van der Waals surface area contributed by atoms with Crippen LogP contribution in [0.4, 0.5) is 5.69 Å². The molecule has 3 unspecified atom stereocenters. The quantitative estimate of drug-likeness (QED) is 0.760. The molecule has 1 saturated carbocycles. The summed E-state index contributed by atoms with van der Waals surface area (Å²) >= 11 is 0. The van der Waals surface area contributed by atoms with Gasteiger partial charge in [-0.2, -0.15) is 0 Å². The van der Waals surface area contributed by atoms with E-state index in [1.165, 1.54) is 49.8 Å². The molecule has 1 aromatic carbocycles. The highest BCUT2D eigenvalue weighted by Crippen LogP contribution is 2.30. The Kier molecular flexibility index (Phi) is 5.30. The molecule has 0 aromatic heterocycles. The largest absolute Gasteiger partial charge is 0.382 e. The van der Waals surface area contributed by atoms with Crippen LogP contribution >= 0.6 is 0 Å². The smallest absolute Gasteiger partial charge is 0.0342 e. The first-order valence-corrected chi connectivity index (χ1v) is 8.04. The van der Waals surface area contributed by atoms with E-state index in [2.05, 4.69) is 50.4 Å². The zero-order chi connectivity index (χ0) is 13.7. The van der Waals surface area contributed by atoms with Crippen LogP contribution in [0.5, 0.6) is 0 Å². The third-order valence-corrected chi connectivity index (χ3v) is 4.58. The average Bonchev–Trinajstić information content (AvgIpc) is 2.42. The van der Waals surface area contributed by atoms with E-state index < -0.39 is 0 Å². The summed E-state index contributed by atoms with van der Waals surface area (Å²) in [6.45, 7) is 7.02. The van der Waals surface area contributed by atoms with Crippen molar-refractivity contribution in [2.75, 3.05) is 5.32 Å². The lowest BCUT2D eigenvalue weighted by Crippen LogP contribution is -2.33. The van der Waals surface area contributed by atoms with E-state index in [-0.39, 0.29) is 0 Å². The molecule has 1 aliphatic rings. The zero-order valence-corrected chi connectivity index (χ0v) is 12.8. The van der Waals surface area contributed by atoms with Crippen molar-refractivity contribution in [2.24, 2.45) is 11.8 Å². The lowest BCUT2D eigenvalue weighted by atomic mass is 9.80. The number of benzene rings is 1. The first-order valence-electron chi connectivity index (χ1n) is 8.04. The first-order chi connectivity index (χ1) is 9.19. The number of aryl methyl sites for hydroxylation is 1. The molecule has 19 heavy (non-hydrogen) atoms. The van der Waals surface area contributed by atoms with Gasteiger partial charge in [-0.1, -0.05) is 45.7 Å². The predicted octanol–water partition coefficient (Wildman–Crippen LogP) is 5.27. The van der Waals surface area contributed by atoms with Crippen LogP contribution in [0.3, 0.4) is 0 Å². The summed E-state index contributed by atoms with van der Waals surface area (Å²) in [7, 11) is 0. The Labute approximate surface area is 118 Å². The summed E-state index contributed by atoms with van der Waals surface area (Å²) in [4.78, 5) is 0. The Morgan fingerprint density at radius 3 is 2.53 bits per heavy atom. The van der Waals surface area contributed by atoms with Crippen LogP contribution in [0.1, 0.15) is 58.4 Å². The van der Waals surface area contributed by atoms with E-state index >= 15 is 0 Å². The molecule has 1 aromatic rings. The van der Waals surface area contributed by atoms with Gasteiger partial charge in [-0.15, -0.1) is 0 Å². The maximum Gasteiger partial charge on any atom is 0.0342 e. The minimum absolute atomic E-state index is 0.658. The SMILES string of the molecule is CCCCc1ccc(NC2CC(C)CCC2C)cc1. The molecule has 0 spiro atoms. The van der Waals surface area contributed by atoms with Crippen LogP contribution in [-0.2, 0) is 6.42 Å². The van der Waals surface area contributed by atoms with Crippen molar-refractivity contribution in [1.82, 2.24) is 0 Å². The highest BCUT2D eigenvalue weighted by molar-refractivity contribution is 5.45. The lowest BCUT2D eigenvalue weighted by molar-refractivity contribution is 0.281. The Hall–Kier alpha value is -0.980. The van der Waals surface area contributed by atoms with E-state index in [1.807, 2.05) is 0 Å². The summed E-state index contributed by atoms with van der Waals surface area (Å²) in [5.41, 5.74) is 2.77. The van der Waals surface area contributed by atoms with E-state index in [1.54, 1.807) is 0 Å². The summed E-state index contributed by atoms with van der Waals surface area (Å²) < 4.78 is 0. The maximum absolute atomic E-state index is 3.74. The second-order valence-electron chi connectivity index (χ2n) is 6.45. The number of nitrogens with one attached hydrogen (secondary N) is 1. The van der Waals surface area contributed by atoms with Gasteiger partial charge in [0, 0.05) is 11.7 Å². The zero-order valence-electron chi connectivity index (χ0n) is 12.8. The molecule has 0 amide bonds. The van der Waals surface area contributed by atoms with Gasteiger partial charge in [-0.05, 0) is 55.2 Å². The topological polar surface area (TPSA) is 12.0 Å². The van der Waals surface area contributed by atoms with Gasteiger partial charge in [0.1, 0.15) is 0 Å². The molecule has 106 valence electrons. The fourth-order valence-corrected chi connectivity index (χ4v) is 3.10. The summed E-state index contributed by atoms with van der Waals surface area (Å²) in [5, 5.41) is 3.74. The summed E-state index contributed by atoms with van der Waals surface area (Å²) in [5.74, 6) is 1.67. The maximum atomic E-state index is 3.74. The number of anilines is 1. The normalized spacial score (nSPS) is 27.2. The predicted molar refractivity (Wildman–Crippen MR) is 84.6 cm³/mol. The molecule has 0 saturated heterocycles. The Bertz CT molecular complexity index is 368. The lowest BCUT2D eigenvalue weighted by Gasteiger charge is -2.34. The van der Waals surface area contributed by atoms with Gasteiger partial charge < -0.3 is 5.32 Å². The molecule has 1 fully saturated rings. The van der Waals surface area contributed by atoms with Gasteiger partial charge in [0.25, 0.3) is 0 Å². The third kappa shape index (κ3) is 4.26. The Morgan fingerprint density at radius 1 is 1.11 bits per heavy atom. The molecule has 0 aliphatic heterocycles. The molecular weight excluding hydrogens is 230 g/mol. The second kappa shape index (κ2) is 6.98. The fourth-order valence-electron chi connectivity index (χ4n) is 3.10. The summed E-state index contributed by atoms with van der Waals surface area (Å²) in [6, 6.07) is 9.75. The van der Waals surface area contributed by atoms with Crippen LogP contribution < -0.4 is 5.32 Å². The van der Waals surface area contributed by atoms with Gasteiger partial charge >= 0.3 is 0 Å². The van der Waals surface area contributed by atoms with Crippen molar-refractivity contribution in [1.29, 1.82) is 0 Å². The number of hydrogen-bond donors (Lipinski definition) is 1. The van der Waals surface area contributed by atoms with E-state index in [0.29, 0.717) is 6.04 Å². The molecule has 0 bridgehead atoms. The molecule has 1 heteroatoms. The second-order valence-corrected chi connectivity index (χ2v) is 6.45. The molecule has 2 rings (SSSR count). The van der Waals surface area contributed by atoms with Crippen molar-refractivity contribution in [2.45, 2.75) is 65.3 Å². The van der Waals surface area contributed by atoms with Gasteiger partial charge in [0.2, 0.25) is 0 Å². The minimum Gasteiger partial charge on any atom is -0.382 e. The summed E-state index contributed by atoms with van der Waals surface area (Å²) in [6.07, 6.45) is 7.87. The van der Waals surface area contributed by atoms with E-state index in [9.17, 15) is 0 Å². The van der Waals surface area contributed by atoms with Crippen LogP contribution in [-0.4, -0.2) is 6.04 Å². The Balaban J connectivity index is 1.91. The van der Waals surface area contributed by atoms with Crippen molar-refractivity contribution >= 4 is 5.69 Å².